The lowest BCUT2D eigenvalue weighted by Crippen LogP contribution is -2.46. The average Bonchev–Trinajstić information content (AvgIpc) is 2.78. The summed E-state index contributed by atoms with van der Waals surface area (Å²) in [6, 6.07) is 7.90. The van der Waals surface area contributed by atoms with Crippen LogP contribution in [0.3, 0.4) is 0 Å². The van der Waals surface area contributed by atoms with E-state index in [1.165, 1.54) is 0 Å². The summed E-state index contributed by atoms with van der Waals surface area (Å²) in [7, 11) is 0. The molecule has 0 aliphatic carbocycles. The van der Waals surface area contributed by atoms with E-state index in [4.69, 9.17) is 16.6 Å². The molecule has 0 amide bonds. The molecular formula is C12H19N3O. The Morgan fingerprint density at radius 2 is 2.06 bits per heavy atom. The third-order valence-corrected chi connectivity index (χ3v) is 3.23. The molecule has 1 saturated heterocycles. The molecule has 1 fully saturated rings. The molecule has 0 saturated carbocycles. The van der Waals surface area contributed by atoms with Gasteiger partial charge in [-0.25, -0.2) is 0 Å². The Hall–Kier alpha value is -1.26. The van der Waals surface area contributed by atoms with E-state index in [1.807, 2.05) is 24.3 Å². The second-order valence-corrected chi connectivity index (χ2v) is 4.34. The summed E-state index contributed by atoms with van der Waals surface area (Å²) in [6.45, 7) is 1.04. The van der Waals surface area contributed by atoms with Crippen molar-refractivity contribution in [1.82, 2.24) is 0 Å². The zero-order valence-electron chi connectivity index (χ0n) is 9.34. The van der Waals surface area contributed by atoms with E-state index in [-0.39, 0.29) is 18.7 Å². The Bertz CT molecular complexity index is 339. The fourth-order valence-electron chi connectivity index (χ4n) is 2.35. The van der Waals surface area contributed by atoms with Gasteiger partial charge < -0.3 is 21.5 Å². The van der Waals surface area contributed by atoms with Gasteiger partial charge in [-0.2, -0.15) is 0 Å². The van der Waals surface area contributed by atoms with Crippen molar-refractivity contribution in [3.63, 3.8) is 0 Å². The van der Waals surface area contributed by atoms with Gasteiger partial charge >= 0.3 is 0 Å². The fourth-order valence-corrected chi connectivity index (χ4v) is 2.35. The number of nitrogens with two attached hydrogens (primary N) is 2. The van der Waals surface area contributed by atoms with E-state index in [0.29, 0.717) is 0 Å². The monoisotopic (exact) mass is 221 g/mol. The molecule has 0 radical (unpaired) electrons. The van der Waals surface area contributed by atoms with Crippen molar-refractivity contribution >= 4 is 11.4 Å². The van der Waals surface area contributed by atoms with Crippen molar-refractivity contribution in [2.75, 3.05) is 23.8 Å². The number of hydrogen-bond acceptors (Lipinski definition) is 4. The van der Waals surface area contributed by atoms with Crippen LogP contribution in [0.15, 0.2) is 24.3 Å². The van der Waals surface area contributed by atoms with E-state index in [9.17, 15) is 0 Å². The smallest absolute Gasteiger partial charge is 0.0602 e. The van der Waals surface area contributed by atoms with Crippen LogP contribution >= 0.6 is 0 Å². The maximum absolute atomic E-state index is 9.13. The van der Waals surface area contributed by atoms with Crippen LogP contribution in [0.1, 0.15) is 12.8 Å². The molecule has 2 rings (SSSR count). The molecule has 0 bridgehead atoms. The standard InChI is InChI=1S/C12H19N3O/c13-9-3-5-10(6-4-9)15-7-1-2-12(15)11(14)8-16/h3-6,11-12,16H,1-2,7-8,13-14H2. The molecule has 4 heteroatoms. The highest BCUT2D eigenvalue weighted by Gasteiger charge is 2.29. The summed E-state index contributed by atoms with van der Waals surface area (Å²) in [6.07, 6.45) is 2.18. The first kappa shape index (κ1) is 11.2. The number of aliphatic hydroxyl groups is 1. The van der Waals surface area contributed by atoms with Crippen LogP contribution in [-0.4, -0.2) is 30.3 Å². The molecule has 1 aromatic carbocycles. The van der Waals surface area contributed by atoms with Crippen molar-refractivity contribution < 1.29 is 5.11 Å². The van der Waals surface area contributed by atoms with E-state index in [0.717, 1.165) is 30.8 Å². The van der Waals surface area contributed by atoms with Gasteiger partial charge in [-0.15, -0.1) is 0 Å². The number of benzene rings is 1. The molecule has 2 atom stereocenters. The van der Waals surface area contributed by atoms with Gasteiger partial charge in [0, 0.05) is 30.0 Å². The minimum Gasteiger partial charge on any atom is -0.399 e. The summed E-state index contributed by atoms with van der Waals surface area (Å²) in [5, 5.41) is 9.13. The predicted octanol–water partition coefficient (Wildman–Crippen LogP) is 0.557. The van der Waals surface area contributed by atoms with Crippen LogP contribution in [0.4, 0.5) is 11.4 Å². The lowest BCUT2D eigenvalue weighted by Gasteiger charge is -2.30. The first-order valence-electron chi connectivity index (χ1n) is 5.71. The van der Waals surface area contributed by atoms with Crippen LogP contribution in [0.5, 0.6) is 0 Å². The maximum atomic E-state index is 9.13. The number of rotatable bonds is 3. The van der Waals surface area contributed by atoms with Crippen LogP contribution in [-0.2, 0) is 0 Å². The SMILES string of the molecule is Nc1ccc(N2CCCC2C(N)CO)cc1. The lowest BCUT2D eigenvalue weighted by molar-refractivity contribution is 0.249. The van der Waals surface area contributed by atoms with Crippen LogP contribution in [0.25, 0.3) is 0 Å². The summed E-state index contributed by atoms with van der Waals surface area (Å²) in [4.78, 5) is 2.26. The van der Waals surface area contributed by atoms with Crippen LogP contribution in [0, 0.1) is 0 Å². The van der Waals surface area contributed by atoms with Gasteiger partial charge in [0.2, 0.25) is 0 Å². The Labute approximate surface area is 95.8 Å². The highest BCUT2D eigenvalue weighted by molar-refractivity contribution is 5.54. The average molecular weight is 221 g/mol. The number of aliphatic hydroxyl groups excluding tert-OH is 1. The van der Waals surface area contributed by atoms with Crippen molar-refractivity contribution in [2.45, 2.75) is 24.9 Å². The van der Waals surface area contributed by atoms with Gasteiger partial charge in [0.15, 0.2) is 0 Å². The predicted molar refractivity (Wildman–Crippen MR) is 66.3 cm³/mol. The minimum atomic E-state index is -0.167. The summed E-state index contributed by atoms with van der Waals surface area (Å²) >= 11 is 0. The largest absolute Gasteiger partial charge is 0.399 e. The molecule has 1 aromatic rings. The maximum Gasteiger partial charge on any atom is 0.0602 e. The first-order chi connectivity index (χ1) is 7.72. The lowest BCUT2D eigenvalue weighted by atomic mass is 10.1. The molecule has 5 N–H and O–H groups in total. The molecule has 1 aliphatic rings. The second kappa shape index (κ2) is 4.72. The van der Waals surface area contributed by atoms with Gasteiger partial charge in [0.1, 0.15) is 0 Å². The molecule has 1 heterocycles. The molecule has 0 aromatic heterocycles. The fraction of sp³-hybridized carbons (Fsp3) is 0.500. The quantitative estimate of drug-likeness (QED) is 0.652. The molecule has 0 spiro atoms. The Morgan fingerprint density at radius 3 is 2.69 bits per heavy atom. The van der Waals surface area contributed by atoms with Crippen LogP contribution < -0.4 is 16.4 Å². The molecule has 16 heavy (non-hydrogen) atoms. The minimum absolute atomic E-state index is 0.0378. The van der Waals surface area contributed by atoms with Crippen molar-refractivity contribution in [3.05, 3.63) is 24.3 Å². The first-order valence-corrected chi connectivity index (χ1v) is 5.71. The summed E-state index contributed by atoms with van der Waals surface area (Å²) in [5.41, 5.74) is 13.5. The molecule has 88 valence electrons. The van der Waals surface area contributed by atoms with E-state index < -0.39 is 0 Å². The molecular weight excluding hydrogens is 202 g/mol. The van der Waals surface area contributed by atoms with E-state index in [1.54, 1.807) is 0 Å². The Morgan fingerprint density at radius 1 is 1.38 bits per heavy atom. The molecule has 4 nitrogen and oxygen atoms in total. The van der Waals surface area contributed by atoms with Crippen LogP contribution in [0.2, 0.25) is 0 Å². The van der Waals surface area contributed by atoms with Gasteiger partial charge in [-0.05, 0) is 37.1 Å². The topological polar surface area (TPSA) is 75.5 Å². The normalized spacial score (nSPS) is 22.4. The molecule has 1 aliphatic heterocycles. The Kier molecular flexibility index (Phi) is 3.31. The number of nitrogens with zero attached hydrogens (tertiary/aromatic N) is 1. The summed E-state index contributed by atoms with van der Waals surface area (Å²) < 4.78 is 0. The number of hydrogen-bond donors (Lipinski definition) is 3. The zero-order valence-corrected chi connectivity index (χ0v) is 9.34. The highest BCUT2D eigenvalue weighted by Crippen LogP contribution is 2.27. The zero-order chi connectivity index (χ0) is 11.5. The number of nitrogen functional groups attached to an aromatic ring is 1. The molecule has 2 unspecified atom stereocenters. The third-order valence-electron chi connectivity index (χ3n) is 3.23. The van der Waals surface area contributed by atoms with Gasteiger partial charge in [-0.1, -0.05) is 0 Å². The van der Waals surface area contributed by atoms with Gasteiger partial charge in [-0.3, -0.25) is 0 Å². The van der Waals surface area contributed by atoms with E-state index >= 15 is 0 Å². The van der Waals surface area contributed by atoms with Crippen molar-refractivity contribution in [2.24, 2.45) is 5.73 Å². The Balaban J connectivity index is 2.16. The van der Waals surface area contributed by atoms with Crippen molar-refractivity contribution in [3.8, 4) is 0 Å². The van der Waals surface area contributed by atoms with Gasteiger partial charge in [0.05, 0.1) is 6.61 Å². The second-order valence-electron chi connectivity index (χ2n) is 4.34. The summed E-state index contributed by atoms with van der Waals surface area (Å²) in [5.74, 6) is 0. The highest BCUT2D eigenvalue weighted by atomic mass is 16.3. The third kappa shape index (κ3) is 2.13. The van der Waals surface area contributed by atoms with Gasteiger partial charge in [0.25, 0.3) is 0 Å². The number of anilines is 2. The van der Waals surface area contributed by atoms with Crippen molar-refractivity contribution in [1.29, 1.82) is 0 Å². The van der Waals surface area contributed by atoms with E-state index in [2.05, 4.69) is 4.90 Å².